The Morgan fingerprint density at radius 2 is 2.40 bits per heavy atom. The molecule has 0 saturated heterocycles. The van der Waals surface area contributed by atoms with Gasteiger partial charge < -0.3 is 5.73 Å². The maximum atomic E-state index is 5.69. The summed E-state index contributed by atoms with van der Waals surface area (Å²) in [6, 6.07) is 3.84. The molecule has 7 heteroatoms. The van der Waals surface area contributed by atoms with Crippen molar-refractivity contribution in [2.75, 3.05) is 5.73 Å². The number of nitrogens with two attached hydrogens (primary N) is 1. The summed E-state index contributed by atoms with van der Waals surface area (Å²) in [7, 11) is 0. The minimum atomic E-state index is 0.676. The van der Waals surface area contributed by atoms with Crippen LogP contribution in [0.2, 0.25) is 0 Å². The van der Waals surface area contributed by atoms with Crippen LogP contribution in [0.15, 0.2) is 27.8 Å². The molecule has 0 amide bonds. The molecule has 15 heavy (non-hydrogen) atoms. The van der Waals surface area contributed by atoms with Gasteiger partial charge in [-0.25, -0.2) is 4.98 Å². The van der Waals surface area contributed by atoms with Crippen molar-refractivity contribution in [2.24, 2.45) is 0 Å². The predicted molar refractivity (Wildman–Crippen MR) is 65.8 cm³/mol. The van der Waals surface area contributed by atoms with Gasteiger partial charge in [-0.3, -0.25) is 0 Å². The van der Waals surface area contributed by atoms with Crippen molar-refractivity contribution in [3.05, 3.63) is 28.5 Å². The molecule has 2 rings (SSSR count). The molecule has 0 fully saturated rings. The van der Waals surface area contributed by atoms with E-state index in [2.05, 4.69) is 30.5 Å². The van der Waals surface area contributed by atoms with Crippen molar-refractivity contribution in [3.63, 3.8) is 0 Å². The van der Waals surface area contributed by atoms with E-state index >= 15 is 0 Å². The molecule has 0 saturated carbocycles. The van der Waals surface area contributed by atoms with Crippen molar-refractivity contribution < 1.29 is 0 Å². The average Bonchev–Trinajstić information content (AvgIpc) is 2.63. The smallest absolute Gasteiger partial charge is 0.131 e. The van der Waals surface area contributed by atoms with Crippen molar-refractivity contribution in [3.8, 4) is 0 Å². The Morgan fingerprint density at radius 3 is 3.07 bits per heavy atom. The molecule has 0 aliphatic rings. The van der Waals surface area contributed by atoms with E-state index in [1.54, 1.807) is 18.0 Å². The number of nitrogens with zero attached hydrogens (tertiary/aromatic N) is 3. The first-order valence-electron chi connectivity index (χ1n) is 4.07. The molecule has 0 atom stereocenters. The first-order valence-corrected chi connectivity index (χ1v) is 6.62. The van der Waals surface area contributed by atoms with Gasteiger partial charge in [0.2, 0.25) is 0 Å². The highest BCUT2D eigenvalue weighted by molar-refractivity contribution is 9.10. The standard InChI is InChI=1S/C8H7BrN4S2/c9-5-2-1-3-11-8(5)14-4-6-7(10)15-13-12-6/h1-3H,4,10H2. The van der Waals surface area contributed by atoms with Gasteiger partial charge in [0.25, 0.3) is 0 Å². The number of hydrogen-bond acceptors (Lipinski definition) is 6. The summed E-state index contributed by atoms with van der Waals surface area (Å²) in [5, 5.41) is 5.55. The van der Waals surface area contributed by atoms with E-state index < -0.39 is 0 Å². The molecular weight excluding hydrogens is 296 g/mol. The van der Waals surface area contributed by atoms with Crippen LogP contribution in [0.25, 0.3) is 0 Å². The van der Waals surface area contributed by atoms with Crippen molar-refractivity contribution in [1.29, 1.82) is 0 Å². The molecule has 2 aromatic rings. The Balaban J connectivity index is 2.06. The van der Waals surface area contributed by atoms with E-state index in [0.717, 1.165) is 15.2 Å². The monoisotopic (exact) mass is 302 g/mol. The Labute approximate surface area is 104 Å². The fourth-order valence-electron chi connectivity index (χ4n) is 0.930. The normalized spacial score (nSPS) is 10.5. The molecule has 0 spiro atoms. The molecule has 0 unspecified atom stereocenters. The molecule has 2 heterocycles. The third-order valence-electron chi connectivity index (χ3n) is 1.66. The van der Waals surface area contributed by atoms with E-state index in [4.69, 9.17) is 5.73 Å². The largest absolute Gasteiger partial charge is 0.388 e. The zero-order valence-corrected chi connectivity index (χ0v) is 10.8. The van der Waals surface area contributed by atoms with Crippen LogP contribution in [0.1, 0.15) is 5.69 Å². The van der Waals surface area contributed by atoms with Gasteiger partial charge in [-0.2, -0.15) is 0 Å². The van der Waals surface area contributed by atoms with Gasteiger partial charge in [-0.15, -0.1) is 5.10 Å². The lowest BCUT2D eigenvalue weighted by atomic mass is 10.5. The molecule has 0 aliphatic heterocycles. The van der Waals surface area contributed by atoms with Gasteiger partial charge in [0, 0.05) is 28.0 Å². The van der Waals surface area contributed by atoms with Gasteiger partial charge in [0.1, 0.15) is 15.7 Å². The second-order valence-corrected chi connectivity index (χ2v) is 5.27. The SMILES string of the molecule is Nc1snnc1CSc1ncccc1Br. The van der Waals surface area contributed by atoms with E-state index in [9.17, 15) is 0 Å². The number of halogens is 1. The van der Waals surface area contributed by atoms with Crippen molar-refractivity contribution in [1.82, 2.24) is 14.6 Å². The van der Waals surface area contributed by atoms with E-state index in [1.165, 1.54) is 11.5 Å². The van der Waals surface area contributed by atoms with Crippen LogP contribution in [-0.4, -0.2) is 14.6 Å². The fourth-order valence-corrected chi connectivity index (χ4v) is 2.89. The predicted octanol–water partition coefficient (Wildman–Crippen LogP) is 2.57. The summed E-state index contributed by atoms with van der Waals surface area (Å²) in [5.41, 5.74) is 6.51. The Bertz CT molecular complexity index is 459. The van der Waals surface area contributed by atoms with Crippen LogP contribution < -0.4 is 5.73 Å². The van der Waals surface area contributed by atoms with Crippen LogP contribution >= 0.6 is 39.2 Å². The molecule has 2 N–H and O–H groups in total. The number of anilines is 1. The first kappa shape index (κ1) is 10.8. The summed E-state index contributed by atoms with van der Waals surface area (Å²) in [6.45, 7) is 0. The number of pyridine rings is 1. The topological polar surface area (TPSA) is 64.7 Å². The Morgan fingerprint density at radius 1 is 1.53 bits per heavy atom. The van der Waals surface area contributed by atoms with Gasteiger partial charge in [-0.1, -0.05) is 16.3 Å². The van der Waals surface area contributed by atoms with Crippen LogP contribution in [0.4, 0.5) is 5.00 Å². The average molecular weight is 303 g/mol. The lowest BCUT2D eigenvalue weighted by Gasteiger charge is -2.00. The fraction of sp³-hybridized carbons (Fsp3) is 0.125. The molecule has 0 aromatic carbocycles. The van der Waals surface area contributed by atoms with Gasteiger partial charge in [-0.05, 0) is 28.1 Å². The molecule has 0 radical (unpaired) electrons. The quantitative estimate of drug-likeness (QED) is 0.883. The lowest BCUT2D eigenvalue weighted by molar-refractivity contribution is 1.06. The number of aromatic nitrogens is 3. The van der Waals surface area contributed by atoms with Crippen molar-refractivity contribution >= 4 is 44.2 Å². The summed E-state index contributed by atoms with van der Waals surface area (Å²) in [4.78, 5) is 4.24. The zero-order valence-electron chi connectivity index (χ0n) is 7.55. The molecule has 0 bridgehead atoms. The Kier molecular flexibility index (Phi) is 3.55. The molecular formula is C8H7BrN4S2. The molecule has 4 nitrogen and oxygen atoms in total. The third kappa shape index (κ3) is 2.67. The third-order valence-corrected chi connectivity index (χ3v) is 4.17. The minimum absolute atomic E-state index is 0.676. The van der Waals surface area contributed by atoms with E-state index in [0.29, 0.717) is 10.8 Å². The Hall–Kier alpha value is -0.660. The summed E-state index contributed by atoms with van der Waals surface area (Å²) >= 11 is 6.23. The van der Waals surface area contributed by atoms with Crippen LogP contribution in [-0.2, 0) is 5.75 Å². The van der Waals surface area contributed by atoms with Gasteiger partial charge >= 0.3 is 0 Å². The number of hydrogen-bond donors (Lipinski definition) is 1. The highest BCUT2D eigenvalue weighted by Crippen LogP contribution is 2.29. The maximum Gasteiger partial charge on any atom is 0.131 e. The first-order chi connectivity index (χ1) is 7.27. The van der Waals surface area contributed by atoms with E-state index in [-0.39, 0.29) is 0 Å². The summed E-state index contributed by atoms with van der Waals surface area (Å²) in [5.74, 6) is 0.692. The maximum absolute atomic E-state index is 5.69. The van der Waals surface area contributed by atoms with E-state index in [1.807, 2.05) is 12.1 Å². The molecule has 2 aromatic heterocycles. The van der Waals surface area contributed by atoms with Crippen molar-refractivity contribution in [2.45, 2.75) is 10.8 Å². The van der Waals surface area contributed by atoms with Gasteiger partial charge in [0.15, 0.2) is 0 Å². The second kappa shape index (κ2) is 4.91. The minimum Gasteiger partial charge on any atom is -0.388 e. The van der Waals surface area contributed by atoms with Crippen LogP contribution in [0.5, 0.6) is 0 Å². The highest BCUT2D eigenvalue weighted by atomic mass is 79.9. The van der Waals surface area contributed by atoms with Crippen LogP contribution in [0.3, 0.4) is 0 Å². The summed E-state index contributed by atoms with van der Waals surface area (Å²) < 4.78 is 4.76. The second-order valence-electron chi connectivity index (χ2n) is 2.66. The summed E-state index contributed by atoms with van der Waals surface area (Å²) in [6.07, 6.45) is 1.76. The van der Waals surface area contributed by atoms with Crippen LogP contribution in [0, 0.1) is 0 Å². The number of nitrogen functional groups attached to an aromatic ring is 1. The molecule has 0 aliphatic carbocycles. The molecule has 78 valence electrons. The lowest BCUT2D eigenvalue weighted by Crippen LogP contribution is -1.89. The zero-order chi connectivity index (χ0) is 10.7. The number of thioether (sulfide) groups is 1. The number of rotatable bonds is 3. The van der Waals surface area contributed by atoms with Gasteiger partial charge in [0.05, 0.1) is 0 Å². The highest BCUT2D eigenvalue weighted by Gasteiger charge is 2.07.